The molecule has 5 heteroatoms. The minimum absolute atomic E-state index is 0. The zero-order valence-corrected chi connectivity index (χ0v) is 13.0. The maximum atomic E-state index is 9.45. The number of methoxy groups -OCH3 is 2. The Labute approximate surface area is 121 Å². The average molecular weight is 290 g/mol. The zero-order chi connectivity index (χ0) is 13.9. The Hall–Kier alpha value is -0.970. The lowest BCUT2D eigenvalue weighted by atomic mass is 9.81. The third-order valence-corrected chi connectivity index (χ3v) is 3.25. The van der Waals surface area contributed by atoms with Crippen LogP contribution in [0.5, 0.6) is 11.5 Å². The second kappa shape index (κ2) is 6.98. The SMILES string of the molecule is COc1cc(C)cc(OC)c1[C@@H](N)C(C)(C)CO.Cl. The molecule has 0 radical (unpaired) electrons. The minimum Gasteiger partial charge on any atom is -0.496 e. The summed E-state index contributed by atoms with van der Waals surface area (Å²) in [4.78, 5) is 0. The lowest BCUT2D eigenvalue weighted by molar-refractivity contribution is 0.129. The zero-order valence-electron chi connectivity index (χ0n) is 12.2. The molecule has 1 aromatic rings. The maximum absolute atomic E-state index is 9.45. The highest BCUT2D eigenvalue weighted by atomic mass is 35.5. The lowest BCUT2D eigenvalue weighted by Gasteiger charge is -2.31. The molecule has 0 aliphatic rings. The van der Waals surface area contributed by atoms with E-state index in [1.165, 1.54) is 0 Å². The summed E-state index contributed by atoms with van der Waals surface area (Å²) in [5.74, 6) is 1.39. The first-order valence-electron chi connectivity index (χ1n) is 5.96. The number of hydrogen-bond donors (Lipinski definition) is 2. The van der Waals surface area contributed by atoms with Gasteiger partial charge in [-0.2, -0.15) is 0 Å². The Morgan fingerprint density at radius 1 is 1.21 bits per heavy atom. The summed E-state index contributed by atoms with van der Waals surface area (Å²) >= 11 is 0. The Balaban J connectivity index is 0.00000324. The Kier molecular flexibility index (Phi) is 6.63. The molecule has 0 saturated heterocycles. The molecule has 1 rings (SSSR count). The van der Waals surface area contributed by atoms with Crippen LogP contribution in [0.4, 0.5) is 0 Å². The average Bonchev–Trinajstić information content (AvgIpc) is 2.36. The Morgan fingerprint density at radius 2 is 1.63 bits per heavy atom. The van der Waals surface area contributed by atoms with Gasteiger partial charge in [0.25, 0.3) is 0 Å². The van der Waals surface area contributed by atoms with Crippen molar-refractivity contribution in [1.29, 1.82) is 0 Å². The van der Waals surface area contributed by atoms with Crippen molar-refractivity contribution in [3.63, 3.8) is 0 Å². The number of nitrogens with two attached hydrogens (primary N) is 1. The molecule has 0 bridgehead atoms. The fourth-order valence-electron chi connectivity index (χ4n) is 1.87. The molecular weight excluding hydrogens is 266 g/mol. The van der Waals surface area contributed by atoms with Crippen molar-refractivity contribution in [2.45, 2.75) is 26.8 Å². The molecular formula is C14H24ClNO3. The van der Waals surface area contributed by atoms with Gasteiger partial charge in [-0.1, -0.05) is 13.8 Å². The smallest absolute Gasteiger partial charge is 0.127 e. The van der Waals surface area contributed by atoms with Crippen molar-refractivity contribution in [1.82, 2.24) is 0 Å². The molecule has 19 heavy (non-hydrogen) atoms. The first-order chi connectivity index (χ1) is 8.37. The number of halogens is 1. The first-order valence-corrected chi connectivity index (χ1v) is 5.96. The van der Waals surface area contributed by atoms with Crippen LogP contribution in [0.15, 0.2) is 12.1 Å². The third kappa shape index (κ3) is 3.75. The number of hydrogen-bond acceptors (Lipinski definition) is 4. The molecule has 1 atom stereocenters. The second-order valence-electron chi connectivity index (χ2n) is 5.21. The van der Waals surface area contributed by atoms with E-state index in [1.54, 1.807) is 14.2 Å². The highest BCUT2D eigenvalue weighted by Gasteiger charge is 2.31. The van der Waals surface area contributed by atoms with Crippen LogP contribution in [0.2, 0.25) is 0 Å². The first kappa shape index (κ1) is 18.0. The van der Waals surface area contributed by atoms with Gasteiger partial charge < -0.3 is 20.3 Å². The quantitative estimate of drug-likeness (QED) is 0.874. The molecule has 0 aromatic heterocycles. The fraction of sp³-hybridized carbons (Fsp3) is 0.571. The van der Waals surface area contributed by atoms with Gasteiger partial charge in [0.2, 0.25) is 0 Å². The fourth-order valence-corrected chi connectivity index (χ4v) is 1.87. The van der Waals surface area contributed by atoms with Gasteiger partial charge in [0.15, 0.2) is 0 Å². The van der Waals surface area contributed by atoms with Gasteiger partial charge in [-0.3, -0.25) is 0 Å². The van der Waals surface area contributed by atoms with E-state index >= 15 is 0 Å². The van der Waals surface area contributed by atoms with Gasteiger partial charge in [0.05, 0.1) is 19.8 Å². The molecule has 0 amide bonds. The van der Waals surface area contributed by atoms with Gasteiger partial charge in [0, 0.05) is 18.1 Å². The molecule has 0 aliphatic heterocycles. The number of ether oxygens (including phenoxy) is 2. The largest absolute Gasteiger partial charge is 0.496 e. The molecule has 0 saturated carbocycles. The van der Waals surface area contributed by atoms with Crippen molar-refractivity contribution in [3.8, 4) is 11.5 Å². The normalized spacial score (nSPS) is 12.6. The highest BCUT2D eigenvalue weighted by molar-refractivity contribution is 5.85. The van der Waals surface area contributed by atoms with Crippen molar-refractivity contribution in [2.75, 3.05) is 20.8 Å². The molecule has 110 valence electrons. The Bertz CT molecular complexity index is 396. The molecule has 0 aliphatic carbocycles. The van der Waals surface area contributed by atoms with Gasteiger partial charge in [-0.25, -0.2) is 0 Å². The molecule has 0 unspecified atom stereocenters. The third-order valence-electron chi connectivity index (χ3n) is 3.25. The standard InChI is InChI=1S/C14H23NO3.ClH/c1-9-6-10(17-4)12(11(7-9)18-5)13(15)14(2,3)8-16;/h6-7,13,16H,8,15H2,1-5H3;1H/t13-;/m1./s1. The van der Waals surface area contributed by atoms with Gasteiger partial charge in [-0.05, 0) is 24.6 Å². The van der Waals surface area contributed by atoms with Crippen molar-refractivity contribution < 1.29 is 14.6 Å². The summed E-state index contributed by atoms with van der Waals surface area (Å²) in [7, 11) is 3.22. The summed E-state index contributed by atoms with van der Waals surface area (Å²) in [5.41, 5.74) is 7.66. The lowest BCUT2D eigenvalue weighted by Crippen LogP contribution is -2.33. The predicted molar refractivity (Wildman–Crippen MR) is 79.3 cm³/mol. The van der Waals surface area contributed by atoms with E-state index in [0.717, 1.165) is 11.1 Å². The predicted octanol–water partition coefficient (Wildman–Crippen LogP) is 2.45. The summed E-state index contributed by atoms with van der Waals surface area (Å²) in [6.45, 7) is 5.79. The van der Waals surface area contributed by atoms with E-state index in [2.05, 4.69) is 0 Å². The summed E-state index contributed by atoms with van der Waals surface area (Å²) in [6.07, 6.45) is 0. The van der Waals surface area contributed by atoms with Crippen molar-refractivity contribution in [2.24, 2.45) is 11.1 Å². The second-order valence-corrected chi connectivity index (χ2v) is 5.21. The van der Waals surface area contributed by atoms with E-state index in [-0.39, 0.29) is 25.1 Å². The summed E-state index contributed by atoms with van der Waals surface area (Å²) < 4.78 is 10.8. The van der Waals surface area contributed by atoms with Crippen LogP contribution in [0.1, 0.15) is 31.0 Å². The topological polar surface area (TPSA) is 64.7 Å². The molecule has 3 N–H and O–H groups in total. The number of benzene rings is 1. The van der Waals surface area contributed by atoms with Crippen molar-refractivity contribution in [3.05, 3.63) is 23.3 Å². The van der Waals surface area contributed by atoms with Gasteiger partial charge in [0.1, 0.15) is 11.5 Å². The molecule has 0 spiro atoms. The van der Waals surface area contributed by atoms with E-state index < -0.39 is 5.41 Å². The Morgan fingerprint density at radius 3 is 1.95 bits per heavy atom. The van der Waals surface area contributed by atoms with E-state index in [4.69, 9.17) is 15.2 Å². The van der Waals surface area contributed by atoms with E-state index in [0.29, 0.717) is 11.5 Å². The van der Waals surface area contributed by atoms with Crippen LogP contribution in [0.3, 0.4) is 0 Å². The number of aliphatic hydroxyl groups excluding tert-OH is 1. The number of aliphatic hydroxyl groups is 1. The molecule has 0 heterocycles. The van der Waals surface area contributed by atoms with Crippen LogP contribution in [-0.2, 0) is 0 Å². The number of rotatable bonds is 5. The number of aryl methyl sites for hydroxylation is 1. The molecule has 4 nitrogen and oxygen atoms in total. The van der Waals surface area contributed by atoms with E-state index in [9.17, 15) is 5.11 Å². The van der Waals surface area contributed by atoms with Crippen LogP contribution in [0.25, 0.3) is 0 Å². The summed E-state index contributed by atoms with van der Waals surface area (Å²) in [5, 5.41) is 9.45. The maximum Gasteiger partial charge on any atom is 0.127 e. The van der Waals surface area contributed by atoms with Crippen LogP contribution in [0, 0.1) is 12.3 Å². The van der Waals surface area contributed by atoms with Crippen LogP contribution >= 0.6 is 12.4 Å². The molecule has 1 aromatic carbocycles. The van der Waals surface area contributed by atoms with Gasteiger partial charge >= 0.3 is 0 Å². The highest BCUT2D eigenvalue weighted by Crippen LogP contribution is 2.41. The summed E-state index contributed by atoms with van der Waals surface area (Å²) in [6, 6.07) is 3.48. The monoisotopic (exact) mass is 289 g/mol. The molecule has 0 fully saturated rings. The van der Waals surface area contributed by atoms with Crippen molar-refractivity contribution >= 4 is 12.4 Å². The van der Waals surface area contributed by atoms with Gasteiger partial charge in [-0.15, -0.1) is 12.4 Å². The minimum atomic E-state index is -0.449. The van der Waals surface area contributed by atoms with Crippen LogP contribution < -0.4 is 15.2 Å². The van der Waals surface area contributed by atoms with E-state index in [1.807, 2.05) is 32.9 Å². The van der Waals surface area contributed by atoms with Crippen LogP contribution in [-0.4, -0.2) is 25.9 Å².